The molecule has 0 radical (unpaired) electrons. The van der Waals surface area contributed by atoms with E-state index in [9.17, 15) is 5.11 Å². The summed E-state index contributed by atoms with van der Waals surface area (Å²) < 4.78 is 5.36. The molecule has 1 aromatic rings. The molecule has 2 saturated heterocycles. The van der Waals surface area contributed by atoms with Gasteiger partial charge in [0.05, 0.1) is 11.8 Å². The zero-order valence-electron chi connectivity index (χ0n) is 12.3. The smallest absolute Gasteiger partial charge is 0.0817 e. The van der Waals surface area contributed by atoms with Crippen LogP contribution in [0.2, 0.25) is 0 Å². The minimum Gasteiger partial charge on any atom is -0.388 e. The molecule has 2 fully saturated rings. The van der Waals surface area contributed by atoms with E-state index < -0.39 is 5.60 Å². The number of H-pyrrole nitrogens is 1. The van der Waals surface area contributed by atoms with Crippen molar-refractivity contribution in [2.24, 2.45) is 0 Å². The number of piperidine rings is 1. The summed E-state index contributed by atoms with van der Waals surface area (Å²) in [5, 5.41) is 17.9. The van der Waals surface area contributed by atoms with Gasteiger partial charge in [-0.3, -0.25) is 10.00 Å². The molecule has 1 aromatic heterocycles. The fourth-order valence-corrected chi connectivity index (χ4v) is 3.53. The molecule has 2 N–H and O–H groups in total. The van der Waals surface area contributed by atoms with Gasteiger partial charge in [-0.25, -0.2) is 0 Å². The van der Waals surface area contributed by atoms with Gasteiger partial charge in [-0.1, -0.05) is 0 Å². The van der Waals surface area contributed by atoms with Crippen molar-refractivity contribution in [2.75, 3.05) is 32.8 Å². The monoisotopic (exact) mass is 279 g/mol. The van der Waals surface area contributed by atoms with Gasteiger partial charge in [0, 0.05) is 50.8 Å². The molecule has 0 bridgehead atoms. The Kier molecular flexibility index (Phi) is 4.10. The van der Waals surface area contributed by atoms with E-state index >= 15 is 0 Å². The molecule has 5 nitrogen and oxygen atoms in total. The molecule has 0 aliphatic carbocycles. The second-order valence-corrected chi connectivity index (χ2v) is 6.38. The summed E-state index contributed by atoms with van der Waals surface area (Å²) in [4.78, 5) is 2.42. The van der Waals surface area contributed by atoms with E-state index in [-0.39, 0.29) is 0 Å². The summed E-state index contributed by atoms with van der Waals surface area (Å²) >= 11 is 0. The van der Waals surface area contributed by atoms with Gasteiger partial charge < -0.3 is 9.84 Å². The molecule has 20 heavy (non-hydrogen) atoms. The summed E-state index contributed by atoms with van der Waals surface area (Å²) in [7, 11) is 0. The Morgan fingerprint density at radius 1 is 1.50 bits per heavy atom. The molecule has 0 aromatic carbocycles. The van der Waals surface area contributed by atoms with Crippen molar-refractivity contribution in [3.8, 4) is 0 Å². The van der Waals surface area contributed by atoms with E-state index in [1.165, 1.54) is 24.1 Å². The van der Waals surface area contributed by atoms with Crippen LogP contribution in [0.15, 0.2) is 6.20 Å². The average molecular weight is 279 g/mol. The summed E-state index contributed by atoms with van der Waals surface area (Å²) in [6.07, 6.45) is 5.82. The van der Waals surface area contributed by atoms with Gasteiger partial charge in [-0.2, -0.15) is 5.10 Å². The lowest BCUT2D eigenvalue weighted by Gasteiger charge is -2.40. The fraction of sp³-hybridized carbons (Fsp3) is 0.800. The number of β-amino-alcohol motifs (C(OH)–C–C–N with tert-alkyl or cyclic N) is 1. The summed E-state index contributed by atoms with van der Waals surface area (Å²) in [6, 6.07) is 0. The number of aromatic nitrogens is 2. The highest BCUT2D eigenvalue weighted by Gasteiger charge is 2.34. The van der Waals surface area contributed by atoms with Gasteiger partial charge in [0.1, 0.15) is 0 Å². The number of nitrogens with one attached hydrogen (secondary N) is 1. The lowest BCUT2D eigenvalue weighted by Crippen LogP contribution is -2.49. The number of rotatable bonds is 3. The first-order valence-corrected chi connectivity index (χ1v) is 7.69. The molecular formula is C15H25N3O2. The zero-order valence-corrected chi connectivity index (χ0v) is 12.3. The maximum atomic E-state index is 10.7. The third-order valence-electron chi connectivity index (χ3n) is 4.72. The highest BCUT2D eigenvalue weighted by molar-refractivity contribution is 5.19. The lowest BCUT2D eigenvalue weighted by molar-refractivity contribution is -0.0824. The molecule has 3 heterocycles. The van der Waals surface area contributed by atoms with Gasteiger partial charge in [0.25, 0.3) is 0 Å². The SMILES string of the molecule is Cc1cn[nH]c1C1CCCN(CC2(O)CCOCC2)C1. The summed E-state index contributed by atoms with van der Waals surface area (Å²) in [5.74, 6) is 0.523. The van der Waals surface area contributed by atoms with Crippen LogP contribution in [0.4, 0.5) is 0 Å². The Bertz CT molecular complexity index is 440. The molecule has 1 atom stereocenters. The van der Waals surface area contributed by atoms with Crippen molar-refractivity contribution in [1.82, 2.24) is 15.1 Å². The Balaban J connectivity index is 1.62. The molecule has 2 aliphatic heterocycles. The van der Waals surface area contributed by atoms with Crippen LogP contribution in [-0.2, 0) is 4.74 Å². The normalized spacial score (nSPS) is 27.6. The number of hydrogen-bond donors (Lipinski definition) is 2. The van der Waals surface area contributed by atoms with E-state index in [1.807, 2.05) is 6.20 Å². The number of aromatic amines is 1. The summed E-state index contributed by atoms with van der Waals surface area (Å²) in [5.41, 5.74) is 1.97. The molecule has 112 valence electrons. The first-order chi connectivity index (χ1) is 9.66. The van der Waals surface area contributed by atoms with Crippen LogP contribution < -0.4 is 0 Å². The maximum absolute atomic E-state index is 10.7. The minimum atomic E-state index is -0.552. The van der Waals surface area contributed by atoms with Crippen LogP contribution >= 0.6 is 0 Å². The van der Waals surface area contributed by atoms with Crippen LogP contribution in [-0.4, -0.2) is 58.7 Å². The van der Waals surface area contributed by atoms with Crippen molar-refractivity contribution in [2.45, 2.75) is 44.1 Å². The largest absolute Gasteiger partial charge is 0.388 e. The topological polar surface area (TPSA) is 61.4 Å². The third kappa shape index (κ3) is 3.05. The standard InChI is InChI=1S/C15H25N3O2/c1-12-9-16-17-14(12)13-3-2-6-18(10-13)11-15(19)4-7-20-8-5-15/h9,13,19H,2-8,10-11H2,1H3,(H,16,17). The van der Waals surface area contributed by atoms with E-state index in [0.29, 0.717) is 19.1 Å². The van der Waals surface area contributed by atoms with E-state index in [1.54, 1.807) is 0 Å². The van der Waals surface area contributed by atoms with Crippen molar-refractivity contribution >= 4 is 0 Å². The number of likely N-dealkylation sites (tertiary alicyclic amines) is 1. The van der Waals surface area contributed by atoms with Crippen molar-refractivity contribution in [3.05, 3.63) is 17.5 Å². The van der Waals surface area contributed by atoms with Gasteiger partial charge in [-0.15, -0.1) is 0 Å². The number of aliphatic hydroxyl groups is 1. The molecule has 2 aliphatic rings. The van der Waals surface area contributed by atoms with E-state index in [2.05, 4.69) is 22.0 Å². The predicted molar refractivity (Wildman–Crippen MR) is 76.7 cm³/mol. The highest BCUT2D eigenvalue weighted by Crippen LogP contribution is 2.30. The van der Waals surface area contributed by atoms with Crippen molar-refractivity contribution < 1.29 is 9.84 Å². The van der Waals surface area contributed by atoms with Gasteiger partial charge in [0.2, 0.25) is 0 Å². The van der Waals surface area contributed by atoms with Gasteiger partial charge in [-0.05, 0) is 31.9 Å². The number of aryl methyl sites for hydroxylation is 1. The zero-order chi connectivity index (χ0) is 14.0. The molecule has 0 amide bonds. The molecule has 0 saturated carbocycles. The van der Waals surface area contributed by atoms with Crippen LogP contribution in [0.25, 0.3) is 0 Å². The van der Waals surface area contributed by atoms with Crippen LogP contribution in [0.1, 0.15) is 42.9 Å². The number of hydrogen-bond acceptors (Lipinski definition) is 4. The predicted octanol–water partition coefficient (Wildman–Crippen LogP) is 1.44. The van der Waals surface area contributed by atoms with Gasteiger partial charge >= 0.3 is 0 Å². The van der Waals surface area contributed by atoms with Crippen LogP contribution in [0.5, 0.6) is 0 Å². The molecule has 1 unspecified atom stereocenters. The molecule has 5 heteroatoms. The minimum absolute atomic E-state index is 0.523. The van der Waals surface area contributed by atoms with Crippen molar-refractivity contribution in [1.29, 1.82) is 0 Å². The van der Waals surface area contributed by atoms with E-state index in [4.69, 9.17) is 4.74 Å². The van der Waals surface area contributed by atoms with Crippen LogP contribution in [0.3, 0.4) is 0 Å². The summed E-state index contributed by atoms with van der Waals surface area (Å²) in [6.45, 7) is 6.38. The lowest BCUT2D eigenvalue weighted by atomic mass is 9.89. The molecule has 0 spiro atoms. The quantitative estimate of drug-likeness (QED) is 0.879. The Hall–Kier alpha value is -0.910. The number of ether oxygens (including phenoxy) is 1. The molecule has 3 rings (SSSR count). The third-order valence-corrected chi connectivity index (χ3v) is 4.72. The van der Waals surface area contributed by atoms with Crippen molar-refractivity contribution in [3.63, 3.8) is 0 Å². The van der Waals surface area contributed by atoms with Gasteiger partial charge in [0.15, 0.2) is 0 Å². The average Bonchev–Trinajstić information content (AvgIpc) is 2.85. The first-order valence-electron chi connectivity index (χ1n) is 7.69. The number of nitrogens with zero attached hydrogens (tertiary/aromatic N) is 2. The Morgan fingerprint density at radius 2 is 2.30 bits per heavy atom. The molecular weight excluding hydrogens is 254 g/mol. The fourth-order valence-electron chi connectivity index (χ4n) is 3.53. The maximum Gasteiger partial charge on any atom is 0.0817 e. The van der Waals surface area contributed by atoms with Crippen LogP contribution in [0, 0.1) is 6.92 Å². The Morgan fingerprint density at radius 3 is 3.00 bits per heavy atom. The van der Waals surface area contributed by atoms with E-state index in [0.717, 1.165) is 32.5 Å². The second-order valence-electron chi connectivity index (χ2n) is 6.38. The highest BCUT2D eigenvalue weighted by atomic mass is 16.5. The second kappa shape index (κ2) is 5.84. The first kappa shape index (κ1) is 14.0. The Labute approximate surface area is 120 Å².